The molecule has 0 heterocycles. The van der Waals surface area contributed by atoms with Gasteiger partial charge < -0.3 is 11.1 Å². The number of nitrogen functional groups attached to an aromatic ring is 1. The van der Waals surface area contributed by atoms with Crippen molar-refractivity contribution in [3.05, 3.63) is 23.8 Å². The maximum atomic E-state index is 5.89. The van der Waals surface area contributed by atoms with Crippen LogP contribution in [0.5, 0.6) is 0 Å². The SMILES string of the molecule is Cc1ccc(N)c(NCC(C)C(C)C)c1. The van der Waals surface area contributed by atoms with Crippen LogP contribution < -0.4 is 11.1 Å². The van der Waals surface area contributed by atoms with Crippen LogP contribution in [-0.2, 0) is 0 Å². The van der Waals surface area contributed by atoms with E-state index in [1.807, 2.05) is 12.1 Å². The van der Waals surface area contributed by atoms with Crippen molar-refractivity contribution < 1.29 is 0 Å². The van der Waals surface area contributed by atoms with Crippen LogP contribution in [0.1, 0.15) is 26.3 Å². The van der Waals surface area contributed by atoms with Gasteiger partial charge >= 0.3 is 0 Å². The molecule has 1 aromatic rings. The average Bonchev–Trinajstić information content (AvgIpc) is 2.18. The van der Waals surface area contributed by atoms with Crippen LogP contribution in [0.15, 0.2) is 18.2 Å². The van der Waals surface area contributed by atoms with Crippen molar-refractivity contribution in [1.82, 2.24) is 0 Å². The van der Waals surface area contributed by atoms with Gasteiger partial charge in [-0.15, -0.1) is 0 Å². The van der Waals surface area contributed by atoms with Crippen LogP contribution in [0.2, 0.25) is 0 Å². The predicted molar refractivity (Wildman–Crippen MR) is 68.1 cm³/mol. The predicted octanol–water partition coefficient (Wildman–Crippen LogP) is 3.28. The van der Waals surface area contributed by atoms with Crippen molar-refractivity contribution in [2.75, 3.05) is 17.6 Å². The lowest BCUT2D eigenvalue weighted by Gasteiger charge is -2.18. The molecule has 0 amide bonds. The second-order valence-corrected chi connectivity index (χ2v) is 4.69. The van der Waals surface area contributed by atoms with E-state index >= 15 is 0 Å². The molecule has 0 spiro atoms. The third kappa shape index (κ3) is 3.46. The van der Waals surface area contributed by atoms with E-state index < -0.39 is 0 Å². The van der Waals surface area contributed by atoms with Gasteiger partial charge in [0.25, 0.3) is 0 Å². The van der Waals surface area contributed by atoms with E-state index in [4.69, 9.17) is 5.73 Å². The van der Waals surface area contributed by atoms with Gasteiger partial charge in [-0.25, -0.2) is 0 Å². The van der Waals surface area contributed by atoms with Gasteiger partial charge in [-0.2, -0.15) is 0 Å². The smallest absolute Gasteiger partial charge is 0.0576 e. The van der Waals surface area contributed by atoms with Crippen LogP contribution in [-0.4, -0.2) is 6.54 Å². The zero-order valence-electron chi connectivity index (χ0n) is 10.2. The lowest BCUT2D eigenvalue weighted by molar-refractivity contribution is 0.440. The average molecular weight is 206 g/mol. The molecule has 0 saturated heterocycles. The molecule has 2 heteroatoms. The Bertz CT molecular complexity index is 318. The number of anilines is 2. The summed E-state index contributed by atoms with van der Waals surface area (Å²) < 4.78 is 0. The third-order valence-electron chi connectivity index (χ3n) is 2.96. The van der Waals surface area contributed by atoms with Gasteiger partial charge in [0.05, 0.1) is 11.4 Å². The van der Waals surface area contributed by atoms with Gasteiger partial charge in [0, 0.05) is 6.54 Å². The van der Waals surface area contributed by atoms with Crippen LogP contribution >= 0.6 is 0 Å². The molecule has 0 aliphatic heterocycles. The number of aryl methyl sites for hydroxylation is 1. The molecule has 2 nitrogen and oxygen atoms in total. The Morgan fingerprint density at radius 1 is 1.27 bits per heavy atom. The fourth-order valence-electron chi connectivity index (χ4n) is 1.33. The first-order valence-corrected chi connectivity index (χ1v) is 5.60. The Kier molecular flexibility index (Phi) is 4.01. The van der Waals surface area contributed by atoms with E-state index in [0.29, 0.717) is 11.8 Å². The van der Waals surface area contributed by atoms with Gasteiger partial charge in [-0.05, 0) is 36.5 Å². The van der Waals surface area contributed by atoms with Crippen LogP contribution in [0.25, 0.3) is 0 Å². The molecule has 0 saturated carbocycles. The number of hydrogen-bond donors (Lipinski definition) is 2. The Balaban J connectivity index is 2.61. The topological polar surface area (TPSA) is 38.0 Å². The summed E-state index contributed by atoms with van der Waals surface area (Å²) in [7, 11) is 0. The van der Waals surface area contributed by atoms with Gasteiger partial charge in [-0.1, -0.05) is 26.8 Å². The summed E-state index contributed by atoms with van der Waals surface area (Å²) in [6.07, 6.45) is 0. The number of nitrogens with one attached hydrogen (secondary N) is 1. The molecule has 0 aliphatic carbocycles. The van der Waals surface area contributed by atoms with E-state index in [1.54, 1.807) is 0 Å². The van der Waals surface area contributed by atoms with E-state index in [0.717, 1.165) is 17.9 Å². The van der Waals surface area contributed by atoms with Crippen molar-refractivity contribution in [2.45, 2.75) is 27.7 Å². The summed E-state index contributed by atoms with van der Waals surface area (Å²) in [5.74, 6) is 1.36. The monoisotopic (exact) mass is 206 g/mol. The largest absolute Gasteiger partial charge is 0.397 e. The highest BCUT2D eigenvalue weighted by molar-refractivity contribution is 5.66. The Morgan fingerprint density at radius 3 is 2.53 bits per heavy atom. The first-order valence-electron chi connectivity index (χ1n) is 5.60. The molecule has 84 valence electrons. The van der Waals surface area contributed by atoms with Crippen molar-refractivity contribution >= 4 is 11.4 Å². The van der Waals surface area contributed by atoms with E-state index in [1.165, 1.54) is 5.56 Å². The minimum atomic E-state index is 0.657. The molecular weight excluding hydrogens is 184 g/mol. The first kappa shape index (κ1) is 11.9. The van der Waals surface area contributed by atoms with Crippen LogP contribution in [0, 0.1) is 18.8 Å². The highest BCUT2D eigenvalue weighted by Crippen LogP contribution is 2.20. The molecule has 0 fully saturated rings. The summed E-state index contributed by atoms with van der Waals surface area (Å²) in [6, 6.07) is 6.09. The molecule has 1 atom stereocenters. The third-order valence-corrected chi connectivity index (χ3v) is 2.96. The van der Waals surface area contributed by atoms with Crippen LogP contribution in [0.4, 0.5) is 11.4 Å². The van der Waals surface area contributed by atoms with E-state index in [9.17, 15) is 0 Å². The Hall–Kier alpha value is -1.18. The summed E-state index contributed by atoms with van der Waals surface area (Å²) in [6.45, 7) is 9.80. The van der Waals surface area contributed by atoms with Gasteiger partial charge in [0.1, 0.15) is 0 Å². The Labute approximate surface area is 92.9 Å². The first-order chi connectivity index (χ1) is 7.00. The standard InChI is InChI=1S/C13H22N2/c1-9(2)11(4)8-15-13-7-10(3)5-6-12(13)14/h5-7,9,11,15H,8,14H2,1-4H3. The van der Waals surface area contributed by atoms with Crippen molar-refractivity contribution in [3.63, 3.8) is 0 Å². The quantitative estimate of drug-likeness (QED) is 0.742. The molecule has 3 N–H and O–H groups in total. The van der Waals surface area contributed by atoms with Crippen molar-refractivity contribution in [3.8, 4) is 0 Å². The molecule has 1 unspecified atom stereocenters. The van der Waals surface area contributed by atoms with Gasteiger partial charge in [0.15, 0.2) is 0 Å². The number of nitrogens with two attached hydrogens (primary N) is 1. The van der Waals surface area contributed by atoms with E-state index in [2.05, 4.69) is 39.1 Å². The summed E-state index contributed by atoms with van der Waals surface area (Å²) >= 11 is 0. The number of hydrogen-bond acceptors (Lipinski definition) is 2. The second kappa shape index (κ2) is 5.06. The van der Waals surface area contributed by atoms with Crippen LogP contribution in [0.3, 0.4) is 0 Å². The second-order valence-electron chi connectivity index (χ2n) is 4.69. The van der Waals surface area contributed by atoms with E-state index in [-0.39, 0.29) is 0 Å². The maximum absolute atomic E-state index is 5.89. The maximum Gasteiger partial charge on any atom is 0.0576 e. The fraction of sp³-hybridized carbons (Fsp3) is 0.538. The summed E-state index contributed by atoms with van der Waals surface area (Å²) in [5, 5.41) is 3.41. The zero-order chi connectivity index (χ0) is 11.4. The lowest BCUT2D eigenvalue weighted by atomic mass is 9.98. The molecule has 0 aromatic heterocycles. The molecule has 0 bridgehead atoms. The lowest BCUT2D eigenvalue weighted by Crippen LogP contribution is -2.16. The minimum Gasteiger partial charge on any atom is -0.397 e. The van der Waals surface area contributed by atoms with Crippen molar-refractivity contribution in [1.29, 1.82) is 0 Å². The van der Waals surface area contributed by atoms with Gasteiger partial charge in [-0.3, -0.25) is 0 Å². The van der Waals surface area contributed by atoms with Crippen molar-refractivity contribution in [2.24, 2.45) is 11.8 Å². The normalized spacial score (nSPS) is 12.9. The molecule has 1 aromatic carbocycles. The Morgan fingerprint density at radius 2 is 1.93 bits per heavy atom. The van der Waals surface area contributed by atoms with Gasteiger partial charge in [0.2, 0.25) is 0 Å². The molecule has 15 heavy (non-hydrogen) atoms. The summed E-state index contributed by atoms with van der Waals surface area (Å²) in [5.41, 5.74) is 9.02. The molecule has 1 rings (SSSR count). The molecule has 0 aliphatic rings. The highest BCUT2D eigenvalue weighted by Gasteiger charge is 2.07. The summed E-state index contributed by atoms with van der Waals surface area (Å²) in [4.78, 5) is 0. The number of rotatable bonds is 4. The molecule has 0 radical (unpaired) electrons. The zero-order valence-corrected chi connectivity index (χ0v) is 10.2. The highest BCUT2D eigenvalue weighted by atomic mass is 14.9. The fourth-order valence-corrected chi connectivity index (χ4v) is 1.33. The number of benzene rings is 1. The molecular formula is C13H22N2. The minimum absolute atomic E-state index is 0.657.